The number of rotatable bonds is 12. The van der Waals surface area contributed by atoms with Gasteiger partial charge < -0.3 is 14.2 Å². The lowest BCUT2D eigenvalue weighted by molar-refractivity contribution is -0.384. The molecule has 0 unspecified atom stereocenters. The zero-order valence-corrected chi connectivity index (χ0v) is 18.6. The first-order chi connectivity index (χ1) is 15.0. The van der Waals surface area contributed by atoms with Crippen LogP contribution in [0.15, 0.2) is 42.5 Å². The minimum absolute atomic E-state index is 0.0420. The van der Waals surface area contributed by atoms with E-state index < -0.39 is 4.92 Å². The molecule has 0 N–H and O–H groups in total. The van der Waals surface area contributed by atoms with E-state index in [9.17, 15) is 14.0 Å². The summed E-state index contributed by atoms with van der Waals surface area (Å²) in [6.45, 7) is 8.15. The van der Waals surface area contributed by atoms with Crippen molar-refractivity contribution in [2.24, 2.45) is 0 Å². The van der Waals surface area contributed by atoms with Crippen molar-refractivity contribution in [2.75, 3.05) is 32.0 Å². The molecule has 2 aromatic carbocycles. The van der Waals surface area contributed by atoms with E-state index in [2.05, 4.69) is 23.3 Å². The molecule has 3 rings (SSSR count). The maximum absolute atomic E-state index is 12.1. The lowest BCUT2D eigenvalue weighted by Crippen LogP contribution is -2.27. The Morgan fingerprint density at radius 3 is 2.58 bits per heavy atom. The minimum Gasteiger partial charge on any atom is -0.493 e. The second-order valence-electron chi connectivity index (χ2n) is 7.12. The SMILES string of the molecule is CCN(CC)CCn1c(Cc2ccc(OCCSF)cc2)nc2cc([N+](=O)[O-])ccc21. The number of hydrogen-bond acceptors (Lipinski definition) is 6. The van der Waals surface area contributed by atoms with Crippen molar-refractivity contribution in [3.63, 3.8) is 0 Å². The first kappa shape index (κ1) is 23.0. The third kappa shape index (κ3) is 5.95. The van der Waals surface area contributed by atoms with Crippen molar-refractivity contribution in [1.82, 2.24) is 14.5 Å². The highest BCUT2D eigenvalue weighted by Gasteiger charge is 2.16. The van der Waals surface area contributed by atoms with Crippen molar-refractivity contribution in [2.45, 2.75) is 26.8 Å². The van der Waals surface area contributed by atoms with Gasteiger partial charge in [0.25, 0.3) is 5.69 Å². The number of halogens is 1. The first-order valence-corrected chi connectivity index (χ1v) is 11.3. The summed E-state index contributed by atoms with van der Waals surface area (Å²) < 4.78 is 19.8. The van der Waals surface area contributed by atoms with Gasteiger partial charge in [-0.15, -0.1) is 0 Å². The summed E-state index contributed by atoms with van der Waals surface area (Å²) >= 11 is 0.260. The highest BCUT2D eigenvalue weighted by atomic mass is 32.2. The number of non-ortho nitro benzene ring substituents is 1. The molecule has 0 aliphatic carbocycles. The van der Waals surface area contributed by atoms with Gasteiger partial charge in [0.15, 0.2) is 0 Å². The molecule has 0 bridgehead atoms. The van der Waals surface area contributed by atoms with E-state index in [0.29, 0.717) is 30.0 Å². The molecular weight excluding hydrogens is 419 g/mol. The number of hydrogen-bond donors (Lipinski definition) is 0. The Kier molecular flexibility index (Phi) is 8.25. The summed E-state index contributed by atoms with van der Waals surface area (Å²) in [4.78, 5) is 17.8. The van der Waals surface area contributed by atoms with Gasteiger partial charge in [0.2, 0.25) is 0 Å². The molecule has 1 heterocycles. The Morgan fingerprint density at radius 1 is 1.19 bits per heavy atom. The van der Waals surface area contributed by atoms with Crippen LogP contribution in [0.4, 0.5) is 9.57 Å². The average molecular weight is 447 g/mol. The van der Waals surface area contributed by atoms with Gasteiger partial charge in [0.1, 0.15) is 11.6 Å². The van der Waals surface area contributed by atoms with E-state index in [0.717, 1.165) is 43.1 Å². The number of ether oxygens (including phenoxy) is 1. The molecule has 7 nitrogen and oxygen atoms in total. The number of likely N-dealkylation sites (N-methyl/N-ethyl adjacent to an activating group) is 1. The molecule has 9 heteroatoms. The molecule has 3 aromatic rings. The smallest absolute Gasteiger partial charge is 0.271 e. The van der Waals surface area contributed by atoms with Crippen LogP contribution in [-0.4, -0.2) is 51.4 Å². The molecule has 0 spiro atoms. The third-order valence-corrected chi connectivity index (χ3v) is 5.59. The summed E-state index contributed by atoms with van der Waals surface area (Å²) in [5.41, 5.74) is 2.63. The molecule has 0 aliphatic heterocycles. The Balaban J connectivity index is 1.86. The van der Waals surface area contributed by atoms with Crippen LogP contribution in [0, 0.1) is 10.1 Å². The maximum Gasteiger partial charge on any atom is 0.271 e. The molecule has 1 aromatic heterocycles. The van der Waals surface area contributed by atoms with Gasteiger partial charge in [-0.3, -0.25) is 10.1 Å². The van der Waals surface area contributed by atoms with E-state index in [1.807, 2.05) is 24.3 Å². The second kappa shape index (κ2) is 11.1. The topological polar surface area (TPSA) is 73.4 Å². The fraction of sp³-hybridized carbons (Fsp3) is 0.409. The van der Waals surface area contributed by atoms with Crippen LogP contribution in [0.25, 0.3) is 11.0 Å². The van der Waals surface area contributed by atoms with Crippen molar-refractivity contribution in [3.8, 4) is 5.75 Å². The van der Waals surface area contributed by atoms with Crippen LogP contribution < -0.4 is 4.74 Å². The number of fused-ring (bicyclic) bond motifs is 1. The van der Waals surface area contributed by atoms with Gasteiger partial charge in [-0.25, -0.2) is 4.98 Å². The molecule has 31 heavy (non-hydrogen) atoms. The van der Waals surface area contributed by atoms with Crippen LogP contribution in [0.3, 0.4) is 0 Å². The Labute approximate surface area is 185 Å². The molecule has 0 saturated carbocycles. The van der Waals surface area contributed by atoms with Crippen LogP contribution in [0.2, 0.25) is 0 Å². The zero-order chi connectivity index (χ0) is 22.2. The molecule has 0 fully saturated rings. The number of nitrogens with zero attached hydrogens (tertiary/aromatic N) is 4. The van der Waals surface area contributed by atoms with Crippen molar-refractivity contribution in [1.29, 1.82) is 0 Å². The van der Waals surface area contributed by atoms with Gasteiger partial charge in [0, 0.05) is 43.8 Å². The summed E-state index contributed by atoms with van der Waals surface area (Å²) in [5.74, 6) is 1.86. The number of aromatic nitrogens is 2. The van der Waals surface area contributed by atoms with Crippen molar-refractivity contribution >= 4 is 28.9 Å². The van der Waals surface area contributed by atoms with Crippen LogP contribution in [0.5, 0.6) is 5.75 Å². The molecule has 166 valence electrons. The van der Waals surface area contributed by atoms with E-state index in [1.54, 1.807) is 6.07 Å². The van der Waals surface area contributed by atoms with Crippen molar-refractivity contribution < 1.29 is 13.5 Å². The van der Waals surface area contributed by atoms with Crippen LogP contribution >= 0.6 is 12.1 Å². The lowest BCUT2D eigenvalue weighted by atomic mass is 10.1. The summed E-state index contributed by atoms with van der Waals surface area (Å²) in [6.07, 6.45) is 0.599. The van der Waals surface area contributed by atoms with Crippen LogP contribution in [0.1, 0.15) is 25.2 Å². The number of imidazole rings is 1. The number of benzene rings is 2. The van der Waals surface area contributed by atoms with E-state index in [1.165, 1.54) is 12.1 Å². The monoisotopic (exact) mass is 446 g/mol. The molecule has 0 radical (unpaired) electrons. The third-order valence-electron chi connectivity index (χ3n) is 5.27. The Bertz CT molecular complexity index is 1010. The quantitative estimate of drug-likeness (QED) is 0.224. The maximum atomic E-state index is 12.1. The van der Waals surface area contributed by atoms with Gasteiger partial charge >= 0.3 is 0 Å². The predicted octanol–water partition coefficient (Wildman–Crippen LogP) is 4.87. The zero-order valence-electron chi connectivity index (χ0n) is 17.8. The predicted molar refractivity (Wildman–Crippen MR) is 122 cm³/mol. The molecule has 0 amide bonds. The second-order valence-corrected chi connectivity index (χ2v) is 7.75. The molecule has 0 atom stereocenters. The van der Waals surface area contributed by atoms with E-state index >= 15 is 0 Å². The molecule has 0 saturated heterocycles. The first-order valence-electron chi connectivity index (χ1n) is 10.4. The normalized spacial score (nSPS) is 11.4. The van der Waals surface area contributed by atoms with Gasteiger partial charge in [0.05, 0.1) is 28.3 Å². The minimum atomic E-state index is -0.395. The lowest BCUT2D eigenvalue weighted by Gasteiger charge is -2.19. The number of nitro groups is 1. The molecular formula is C22H27FN4O3S. The number of nitro benzene ring substituents is 1. The fourth-order valence-electron chi connectivity index (χ4n) is 3.52. The van der Waals surface area contributed by atoms with Crippen LogP contribution in [-0.2, 0) is 13.0 Å². The van der Waals surface area contributed by atoms with Gasteiger partial charge in [-0.2, -0.15) is 3.89 Å². The Hall–Kier alpha value is -2.65. The van der Waals surface area contributed by atoms with Gasteiger partial charge in [-0.05, 0) is 36.9 Å². The largest absolute Gasteiger partial charge is 0.493 e. The van der Waals surface area contributed by atoms with E-state index in [4.69, 9.17) is 9.72 Å². The van der Waals surface area contributed by atoms with E-state index in [-0.39, 0.29) is 17.8 Å². The van der Waals surface area contributed by atoms with Gasteiger partial charge in [-0.1, -0.05) is 26.0 Å². The summed E-state index contributed by atoms with van der Waals surface area (Å²) in [5, 5.41) is 11.2. The fourth-order valence-corrected chi connectivity index (χ4v) is 3.67. The summed E-state index contributed by atoms with van der Waals surface area (Å²) in [7, 11) is 0. The molecule has 0 aliphatic rings. The summed E-state index contributed by atoms with van der Waals surface area (Å²) in [6, 6.07) is 12.5. The highest BCUT2D eigenvalue weighted by molar-refractivity contribution is 7.94. The Morgan fingerprint density at radius 2 is 1.94 bits per heavy atom. The highest BCUT2D eigenvalue weighted by Crippen LogP contribution is 2.24. The standard InChI is InChI=1S/C22H27FN4O3S/c1-3-25(4-2)11-12-26-21-10-7-18(27(28)29)16-20(21)24-22(26)15-17-5-8-19(9-6-17)30-13-14-31-23/h5-10,16H,3-4,11-15H2,1-2H3. The van der Waals surface area contributed by atoms with Crippen molar-refractivity contribution in [3.05, 3.63) is 64.0 Å². The average Bonchev–Trinajstić information content (AvgIpc) is 3.12.